The second-order valence-corrected chi connectivity index (χ2v) is 4.66. The van der Waals surface area contributed by atoms with Crippen molar-refractivity contribution >= 4 is 27.4 Å². The van der Waals surface area contributed by atoms with Gasteiger partial charge in [0.15, 0.2) is 5.57 Å². The van der Waals surface area contributed by atoms with E-state index in [0.29, 0.717) is 11.0 Å². The quantitative estimate of drug-likeness (QED) is 0.421. The summed E-state index contributed by atoms with van der Waals surface area (Å²) in [5, 5.41) is 20.4. The summed E-state index contributed by atoms with van der Waals surface area (Å²) in [6, 6.07) is 16.1. The monoisotopic (exact) mass is 287 g/mol. The molecule has 3 aromatic rings. The Kier molecular flexibility index (Phi) is 3.10. The van der Waals surface area contributed by atoms with Crippen molar-refractivity contribution in [2.75, 3.05) is 0 Å². The zero-order valence-corrected chi connectivity index (χ0v) is 11.3. The first-order chi connectivity index (χ1) is 10.7. The summed E-state index contributed by atoms with van der Waals surface area (Å²) in [7, 11) is 0. The fourth-order valence-electron chi connectivity index (χ4n) is 2.34. The van der Waals surface area contributed by atoms with Gasteiger partial charge >= 0.3 is 5.63 Å². The molecule has 0 aliphatic rings. The molecule has 0 unspecified atom stereocenters. The zero-order chi connectivity index (χ0) is 15.7. The lowest BCUT2D eigenvalue weighted by molar-refractivity contribution is 0.559. The largest absolute Gasteiger partial charge is 0.422 e. The molecule has 0 saturated heterocycles. The molecule has 0 atom stereocenters. The molecule has 0 aliphatic carbocycles. The van der Waals surface area contributed by atoms with Crippen molar-refractivity contribution in [3.05, 3.63) is 64.0 Å². The minimum atomic E-state index is -0.678. The van der Waals surface area contributed by atoms with Crippen LogP contribution in [0.15, 0.2) is 57.2 Å². The zero-order valence-electron chi connectivity index (χ0n) is 11.3. The van der Waals surface area contributed by atoms with Crippen molar-refractivity contribution in [3.8, 4) is 12.1 Å². The summed E-state index contributed by atoms with van der Waals surface area (Å²) in [5.41, 5.74) is 5.05. The van der Waals surface area contributed by atoms with Gasteiger partial charge in [0.05, 0.1) is 11.3 Å². The summed E-state index contributed by atoms with van der Waals surface area (Å²) in [6.45, 7) is 0. The minimum Gasteiger partial charge on any atom is -0.422 e. The van der Waals surface area contributed by atoms with Gasteiger partial charge in [-0.15, -0.1) is 0 Å². The van der Waals surface area contributed by atoms with Crippen LogP contribution in [0.2, 0.25) is 0 Å². The highest BCUT2D eigenvalue weighted by Gasteiger charge is 2.13. The standard InChI is InChI=1S/C17H9N3O2/c18-8-11(9-19)16(20)14-7-13-12-4-2-1-3-10(12)5-6-15(13)22-17(14)21/h1-7H,20H2. The van der Waals surface area contributed by atoms with Crippen LogP contribution in [0.4, 0.5) is 0 Å². The summed E-state index contributed by atoms with van der Waals surface area (Å²) in [6.07, 6.45) is 0. The Hall–Kier alpha value is -3.57. The summed E-state index contributed by atoms with van der Waals surface area (Å²) >= 11 is 0. The fraction of sp³-hybridized carbons (Fsp3) is 0. The Labute approximate surface area is 125 Å². The van der Waals surface area contributed by atoms with Crippen molar-refractivity contribution in [2.24, 2.45) is 5.73 Å². The normalized spacial score (nSPS) is 10.1. The number of hydrogen-bond acceptors (Lipinski definition) is 5. The molecule has 0 radical (unpaired) electrons. The minimum absolute atomic E-state index is 0.0157. The molecule has 0 fully saturated rings. The number of nitrogens with two attached hydrogens (primary N) is 1. The molecule has 2 aromatic carbocycles. The fourth-order valence-corrected chi connectivity index (χ4v) is 2.34. The van der Waals surface area contributed by atoms with E-state index in [9.17, 15) is 4.79 Å². The van der Waals surface area contributed by atoms with Crippen molar-refractivity contribution in [1.82, 2.24) is 0 Å². The molecule has 0 amide bonds. The number of benzene rings is 2. The number of nitriles is 2. The Bertz CT molecular complexity index is 1060. The van der Waals surface area contributed by atoms with Crippen LogP contribution in [0.3, 0.4) is 0 Å². The van der Waals surface area contributed by atoms with E-state index in [2.05, 4.69) is 0 Å². The Balaban J connectivity index is 2.44. The topological polar surface area (TPSA) is 104 Å². The number of nitrogens with zero attached hydrogens (tertiary/aromatic N) is 2. The van der Waals surface area contributed by atoms with Crippen LogP contribution in [0, 0.1) is 22.7 Å². The predicted molar refractivity (Wildman–Crippen MR) is 82.3 cm³/mol. The summed E-state index contributed by atoms with van der Waals surface area (Å²) in [4.78, 5) is 12.0. The van der Waals surface area contributed by atoms with Gasteiger partial charge < -0.3 is 10.2 Å². The smallest absolute Gasteiger partial charge is 0.345 e. The third-order valence-corrected chi connectivity index (χ3v) is 3.43. The van der Waals surface area contributed by atoms with E-state index >= 15 is 0 Å². The summed E-state index contributed by atoms with van der Waals surface area (Å²) < 4.78 is 5.27. The Morgan fingerprint density at radius 2 is 1.77 bits per heavy atom. The second-order valence-electron chi connectivity index (χ2n) is 4.66. The molecule has 0 bridgehead atoms. The highest BCUT2D eigenvalue weighted by molar-refractivity contribution is 6.06. The van der Waals surface area contributed by atoms with Gasteiger partial charge in [0.1, 0.15) is 17.7 Å². The SMILES string of the molecule is N#CC(C#N)=C(N)c1cc2c(ccc3ccccc32)oc1=O. The molecule has 3 rings (SSSR count). The number of rotatable bonds is 1. The highest BCUT2D eigenvalue weighted by Crippen LogP contribution is 2.26. The van der Waals surface area contributed by atoms with Gasteiger partial charge in [-0.3, -0.25) is 0 Å². The molecular weight excluding hydrogens is 278 g/mol. The van der Waals surface area contributed by atoms with Crippen LogP contribution in [0.5, 0.6) is 0 Å². The molecule has 0 spiro atoms. The van der Waals surface area contributed by atoms with Crippen molar-refractivity contribution < 1.29 is 4.42 Å². The van der Waals surface area contributed by atoms with Crippen molar-refractivity contribution in [1.29, 1.82) is 10.5 Å². The van der Waals surface area contributed by atoms with Gasteiger partial charge in [-0.25, -0.2) is 4.79 Å². The third kappa shape index (κ3) is 1.98. The van der Waals surface area contributed by atoms with Crippen LogP contribution in [0.1, 0.15) is 5.56 Å². The molecule has 1 aromatic heterocycles. The van der Waals surface area contributed by atoms with Crippen molar-refractivity contribution in [3.63, 3.8) is 0 Å². The average molecular weight is 287 g/mol. The van der Waals surface area contributed by atoms with E-state index in [1.54, 1.807) is 24.3 Å². The average Bonchev–Trinajstić information content (AvgIpc) is 2.55. The molecule has 104 valence electrons. The summed E-state index contributed by atoms with van der Waals surface area (Å²) in [5.74, 6) is 0. The first-order valence-electron chi connectivity index (χ1n) is 6.41. The molecular formula is C17H9N3O2. The van der Waals surface area contributed by atoms with E-state index in [4.69, 9.17) is 20.7 Å². The predicted octanol–water partition coefficient (Wildman–Crippen LogP) is 2.66. The van der Waals surface area contributed by atoms with Crippen LogP contribution < -0.4 is 11.4 Å². The molecule has 2 N–H and O–H groups in total. The van der Waals surface area contributed by atoms with E-state index in [1.807, 2.05) is 30.3 Å². The van der Waals surface area contributed by atoms with Crippen LogP contribution in [-0.2, 0) is 0 Å². The molecule has 1 heterocycles. The van der Waals surface area contributed by atoms with Crippen LogP contribution in [0.25, 0.3) is 27.4 Å². The number of fused-ring (bicyclic) bond motifs is 3. The maximum Gasteiger partial charge on any atom is 0.345 e. The lowest BCUT2D eigenvalue weighted by atomic mass is 10.0. The number of hydrogen-bond donors (Lipinski definition) is 1. The highest BCUT2D eigenvalue weighted by atomic mass is 16.4. The van der Waals surface area contributed by atoms with E-state index < -0.39 is 5.63 Å². The van der Waals surface area contributed by atoms with Gasteiger partial charge in [-0.2, -0.15) is 10.5 Å². The maximum atomic E-state index is 12.0. The van der Waals surface area contributed by atoms with Gasteiger partial charge in [0.25, 0.3) is 0 Å². The van der Waals surface area contributed by atoms with Crippen LogP contribution in [-0.4, -0.2) is 0 Å². The third-order valence-electron chi connectivity index (χ3n) is 3.43. The lowest BCUT2D eigenvalue weighted by Gasteiger charge is -2.05. The van der Waals surface area contributed by atoms with E-state index in [0.717, 1.165) is 10.8 Å². The molecule has 0 aliphatic heterocycles. The maximum absolute atomic E-state index is 12.0. The van der Waals surface area contributed by atoms with Crippen LogP contribution >= 0.6 is 0 Å². The van der Waals surface area contributed by atoms with E-state index in [-0.39, 0.29) is 16.8 Å². The first kappa shape index (κ1) is 13.4. The van der Waals surface area contributed by atoms with Gasteiger partial charge in [-0.1, -0.05) is 30.3 Å². The number of allylic oxidation sites excluding steroid dienone is 1. The molecule has 5 heteroatoms. The van der Waals surface area contributed by atoms with Crippen molar-refractivity contribution in [2.45, 2.75) is 0 Å². The molecule has 5 nitrogen and oxygen atoms in total. The Morgan fingerprint density at radius 1 is 1.05 bits per heavy atom. The lowest BCUT2D eigenvalue weighted by Crippen LogP contribution is -2.12. The Morgan fingerprint density at radius 3 is 2.50 bits per heavy atom. The van der Waals surface area contributed by atoms with Gasteiger partial charge in [0, 0.05) is 5.39 Å². The molecule has 0 saturated carbocycles. The van der Waals surface area contributed by atoms with Gasteiger partial charge in [-0.05, 0) is 22.9 Å². The first-order valence-corrected chi connectivity index (χ1v) is 6.41. The molecule has 22 heavy (non-hydrogen) atoms. The van der Waals surface area contributed by atoms with E-state index in [1.165, 1.54) is 0 Å². The second kappa shape index (κ2) is 5.08. The van der Waals surface area contributed by atoms with Gasteiger partial charge in [0.2, 0.25) is 0 Å².